The maximum atomic E-state index is 12.8. The van der Waals surface area contributed by atoms with Gasteiger partial charge in [-0.05, 0) is 57.1 Å². The molecule has 1 aliphatic heterocycles. The zero-order valence-electron chi connectivity index (χ0n) is 20.2. The third-order valence-corrected chi connectivity index (χ3v) is 5.26. The molecule has 32 heavy (non-hydrogen) atoms. The van der Waals surface area contributed by atoms with Gasteiger partial charge in [0.05, 0.1) is 12.3 Å². The fourth-order valence-corrected chi connectivity index (χ4v) is 3.78. The highest BCUT2D eigenvalue weighted by atomic mass is 16.6. The van der Waals surface area contributed by atoms with Gasteiger partial charge in [-0.3, -0.25) is 9.59 Å². The van der Waals surface area contributed by atoms with Gasteiger partial charge in [-0.2, -0.15) is 0 Å². The molecule has 178 valence electrons. The van der Waals surface area contributed by atoms with E-state index in [-0.39, 0.29) is 17.7 Å². The number of hydrogen-bond acceptors (Lipinski definition) is 4. The lowest BCUT2D eigenvalue weighted by Crippen LogP contribution is -2.47. The topological polar surface area (TPSA) is 87.7 Å². The van der Waals surface area contributed by atoms with Gasteiger partial charge in [0.15, 0.2) is 0 Å². The first-order valence-corrected chi connectivity index (χ1v) is 11.6. The molecule has 1 saturated heterocycles. The van der Waals surface area contributed by atoms with Crippen molar-refractivity contribution < 1.29 is 19.1 Å². The molecule has 0 radical (unpaired) electrons. The number of alkyl carbamates (subject to hydrolysis) is 1. The summed E-state index contributed by atoms with van der Waals surface area (Å²) in [5.41, 5.74) is 1.73. The highest BCUT2D eigenvalue weighted by Gasteiger charge is 2.28. The number of rotatable bonds is 8. The van der Waals surface area contributed by atoms with Crippen molar-refractivity contribution in [2.24, 2.45) is 11.8 Å². The standard InChI is InChI=1S/C25H39N3O4/c1-18(2)15-19-8-10-20(11-9-19)16-22(29)28-14-6-7-21(17-28)23(30)26-12-13-27-24(31)32-25(3,4)5/h8-11,18,21H,6-7,12-17H2,1-5H3,(H,26,30)(H,27,31). The Hall–Kier alpha value is -2.57. The van der Waals surface area contributed by atoms with E-state index < -0.39 is 11.7 Å². The maximum absolute atomic E-state index is 12.8. The monoisotopic (exact) mass is 445 g/mol. The molecule has 2 rings (SSSR count). The van der Waals surface area contributed by atoms with Crippen molar-refractivity contribution >= 4 is 17.9 Å². The molecule has 1 heterocycles. The van der Waals surface area contributed by atoms with Crippen LogP contribution in [0.25, 0.3) is 0 Å². The summed E-state index contributed by atoms with van der Waals surface area (Å²) < 4.78 is 5.17. The average Bonchev–Trinajstić information content (AvgIpc) is 2.71. The molecule has 0 aliphatic carbocycles. The van der Waals surface area contributed by atoms with Crippen LogP contribution in [0, 0.1) is 11.8 Å². The summed E-state index contributed by atoms with van der Waals surface area (Å²) in [6.45, 7) is 11.5. The summed E-state index contributed by atoms with van der Waals surface area (Å²) in [5, 5.41) is 5.48. The van der Waals surface area contributed by atoms with E-state index in [1.807, 2.05) is 12.1 Å². The number of nitrogens with one attached hydrogen (secondary N) is 2. The molecule has 7 heteroatoms. The third-order valence-electron chi connectivity index (χ3n) is 5.26. The van der Waals surface area contributed by atoms with Crippen LogP contribution in [0.3, 0.4) is 0 Å². The molecule has 1 fully saturated rings. The molecular formula is C25H39N3O4. The fourth-order valence-electron chi connectivity index (χ4n) is 3.78. The summed E-state index contributed by atoms with van der Waals surface area (Å²) in [5.74, 6) is 0.367. The summed E-state index contributed by atoms with van der Waals surface area (Å²) >= 11 is 0. The van der Waals surface area contributed by atoms with Crippen LogP contribution in [-0.2, 0) is 27.2 Å². The van der Waals surface area contributed by atoms with Crippen molar-refractivity contribution in [3.05, 3.63) is 35.4 Å². The average molecular weight is 446 g/mol. The van der Waals surface area contributed by atoms with Gasteiger partial charge in [-0.1, -0.05) is 38.1 Å². The molecule has 0 spiro atoms. The quantitative estimate of drug-likeness (QED) is 0.601. The zero-order chi connectivity index (χ0) is 23.7. The number of carbonyl (C=O) groups is 3. The summed E-state index contributed by atoms with van der Waals surface area (Å²) in [4.78, 5) is 38.8. The molecule has 1 unspecified atom stereocenters. The van der Waals surface area contributed by atoms with Crippen LogP contribution in [0.2, 0.25) is 0 Å². The molecule has 1 aromatic rings. The summed E-state index contributed by atoms with van der Waals surface area (Å²) in [6, 6.07) is 8.25. The van der Waals surface area contributed by atoms with E-state index in [9.17, 15) is 14.4 Å². The van der Waals surface area contributed by atoms with Gasteiger partial charge < -0.3 is 20.3 Å². The third kappa shape index (κ3) is 9.28. The Bertz CT molecular complexity index is 768. The number of ether oxygens (including phenoxy) is 1. The van der Waals surface area contributed by atoms with Crippen LogP contribution in [0.15, 0.2) is 24.3 Å². The SMILES string of the molecule is CC(C)Cc1ccc(CC(=O)N2CCCC(C(=O)NCCNC(=O)OC(C)(C)C)C2)cc1. The van der Waals surface area contributed by atoms with E-state index in [2.05, 4.69) is 36.6 Å². The van der Waals surface area contributed by atoms with E-state index in [1.165, 1.54) is 5.56 Å². The number of likely N-dealkylation sites (tertiary alicyclic amines) is 1. The number of carbonyl (C=O) groups excluding carboxylic acids is 3. The van der Waals surface area contributed by atoms with E-state index in [0.717, 1.165) is 24.8 Å². The first-order chi connectivity index (χ1) is 15.0. The number of benzene rings is 1. The molecule has 7 nitrogen and oxygen atoms in total. The molecule has 0 aromatic heterocycles. The van der Waals surface area contributed by atoms with Crippen LogP contribution in [0.4, 0.5) is 4.79 Å². The zero-order valence-corrected chi connectivity index (χ0v) is 20.2. The lowest BCUT2D eigenvalue weighted by molar-refractivity contribution is -0.135. The van der Waals surface area contributed by atoms with Crippen molar-refractivity contribution in [1.82, 2.24) is 15.5 Å². The Morgan fingerprint density at radius 2 is 1.69 bits per heavy atom. The number of amides is 3. The minimum Gasteiger partial charge on any atom is -0.444 e. The molecule has 1 atom stereocenters. The van der Waals surface area contributed by atoms with Gasteiger partial charge in [0.25, 0.3) is 0 Å². The van der Waals surface area contributed by atoms with E-state index in [4.69, 9.17) is 4.74 Å². The highest BCUT2D eigenvalue weighted by Crippen LogP contribution is 2.18. The Morgan fingerprint density at radius 3 is 2.31 bits per heavy atom. The second kappa shape index (κ2) is 11.9. The van der Waals surface area contributed by atoms with Gasteiger partial charge in [-0.25, -0.2) is 4.79 Å². The van der Waals surface area contributed by atoms with Crippen LogP contribution < -0.4 is 10.6 Å². The number of nitrogens with zero attached hydrogens (tertiary/aromatic N) is 1. The smallest absolute Gasteiger partial charge is 0.407 e. The Balaban J connectivity index is 1.75. The molecule has 1 aromatic carbocycles. The second-order valence-corrected chi connectivity index (χ2v) is 9.99. The van der Waals surface area contributed by atoms with Gasteiger partial charge >= 0.3 is 6.09 Å². The number of hydrogen-bond donors (Lipinski definition) is 2. The second-order valence-electron chi connectivity index (χ2n) is 9.99. The number of piperidine rings is 1. The largest absolute Gasteiger partial charge is 0.444 e. The first-order valence-electron chi connectivity index (χ1n) is 11.6. The van der Waals surface area contributed by atoms with Gasteiger partial charge in [0, 0.05) is 26.2 Å². The van der Waals surface area contributed by atoms with Gasteiger partial charge in [0.1, 0.15) is 5.60 Å². The van der Waals surface area contributed by atoms with Crippen LogP contribution in [0.5, 0.6) is 0 Å². The summed E-state index contributed by atoms with van der Waals surface area (Å²) in [7, 11) is 0. The maximum Gasteiger partial charge on any atom is 0.407 e. The Morgan fingerprint density at radius 1 is 1.06 bits per heavy atom. The first kappa shape index (κ1) is 25.7. The highest BCUT2D eigenvalue weighted by molar-refractivity contribution is 5.82. The van der Waals surface area contributed by atoms with E-state index in [0.29, 0.717) is 38.5 Å². The van der Waals surface area contributed by atoms with Crippen molar-refractivity contribution in [1.29, 1.82) is 0 Å². The predicted molar refractivity (Wildman–Crippen MR) is 125 cm³/mol. The molecular weight excluding hydrogens is 406 g/mol. The Kier molecular flexibility index (Phi) is 9.54. The minimum absolute atomic E-state index is 0.0608. The van der Waals surface area contributed by atoms with Crippen LogP contribution in [-0.4, -0.2) is 54.6 Å². The lowest BCUT2D eigenvalue weighted by Gasteiger charge is -2.32. The Labute approximate surface area is 192 Å². The van der Waals surface area contributed by atoms with Gasteiger partial charge in [-0.15, -0.1) is 0 Å². The summed E-state index contributed by atoms with van der Waals surface area (Å²) in [6.07, 6.45) is 2.46. The normalized spacial score (nSPS) is 16.6. The molecule has 0 bridgehead atoms. The van der Waals surface area contributed by atoms with Crippen molar-refractivity contribution in [3.8, 4) is 0 Å². The predicted octanol–water partition coefficient (Wildman–Crippen LogP) is 3.31. The van der Waals surface area contributed by atoms with Crippen molar-refractivity contribution in [2.75, 3.05) is 26.2 Å². The molecule has 3 amide bonds. The van der Waals surface area contributed by atoms with Crippen LogP contribution >= 0.6 is 0 Å². The minimum atomic E-state index is -0.554. The van der Waals surface area contributed by atoms with Crippen molar-refractivity contribution in [2.45, 2.75) is 65.9 Å². The lowest BCUT2D eigenvalue weighted by atomic mass is 9.96. The molecule has 2 N–H and O–H groups in total. The van der Waals surface area contributed by atoms with Gasteiger partial charge in [0.2, 0.25) is 11.8 Å². The molecule has 0 saturated carbocycles. The molecule has 1 aliphatic rings. The van der Waals surface area contributed by atoms with E-state index in [1.54, 1.807) is 25.7 Å². The van der Waals surface area contributed by atoms with Crippen molar-refractivity contribution in [3.63, 3.8) is 0 Å². The van der Waals surface area contributed by atoms with E-state index >= 15 is 0 Å². The van der Waals surface area contributed by atoms with Crippen LogP contribution in [0.1, 0.15) is 58.6 Å². The fraction of sp³-hybridized carbons (Fsp3) is 0.640.